The van der Waals surface area contributed by atoms with Gasteiger partial charge in [-0.25, -0.2) is 0 Å². The van der Waals surface area contributed by atoms with Gasteiger partial charge >= 0.3 is 0 Å². The van der Waals surface area contributed by atoms with E-state index in [9.17, 15) is 9.90 Å². The van der Waals surface area contributed by atoms with Gasteiger partial charge < -0.3 is 15.2 Å². The van der Waals surface area contributed by atoms with E-state index in [-0.39, 0.29) is 18.2 Å². The monoisotopic (exact) mass is 369 g/mol. The van der Waals surface area contributed by atoms with E-state index >= 15 is 0 Å². The number of hydrogen-bond donors (Lipinski definition) is 2. The summed E-state index contributed by atoms with van der Waals surface area (Å²) in [5, 5.41) is 16.3. The Hall–Kier alpha value is -2.48. The van der Waals surface area contributed by atoms with Crippen LogP contribution in [-0.4, -0.2) is 53.7 Å². The van der Waals surface area contributed by atoms with Crippen LogP contribution in [0.15, 0.2) is 41.9 Å². The summed E-state index contributed by atoms with van der Waals surface area (Å²) in [7, 11) is 0. The molecule has 0 saturated carbocycles. The van der Waals surface area contributed by atoms with Crippen molar-refractivity contribution in [3.05, 3.63) is 41.9 Å². The third kappa shape index (κ3) is 3.41. The number of ether oxygens (including phenoxy) is 1. The van der Waals surface area contributed by atoms with Crippen LogP contribution < -0.4 is 5.32 Å². The van der Waals surface area contributed by atoms with Crippen LogP contribution >= 0.6 is 11.3 Å². The Morgan fingerprint density at radius 2 is 2.12 bits per heavy atom. The number of nitrogens with zero attached hydrogens (tertiary/aromatic N) is 2. The Morgan fingerprint density at radius 1 is 1.27 bits per heavy atom. The van der Waals surface area contributed by atoms with Gasteiger partial charge in [-0.1, -0.05) is 6.07 Å². The van der Waals surface area contributed by atoms with E-state index in [1.165, 1.54) is 0 Å². The van der Waals surface area contributed by atoms with Gasteiger partial charge in [0.15, 0.2) is 5.75 Å². The van der Waals surface area contributed by atoms with Crippen molar-refractivity contribution in [3.63, 3.8) is 0 Å². The van der Waals surface area contributed by atoms with Crippen molar-refractivity contribution in [1.29, 1.82) is 0 Å². The molecule has 26 heavy (non-hydrogen) atoms. The molecule has 3 aromatic rings. The summed E-state index contributed by atoms with van der Waals surface area (Å²) < 4.78 is 5.29. The molecule has 3 heterocycles. The first-order chi connectivity index (χ1) is 12.7. The van der Waals surface area contributed by atoms with Crippen LogP contribution in [0.4, 0.5) is 5.69 Å². The molecule has 1 aliphatic heterocycles. The fourth-order valence-corrected chi connectivity index (χ4v) is 3.87. The van der Waals surface area contributed by atoms with Crippen molar-refractivity contribution in [2.75, 3.05) is 38.2 Å². The number of carbonyl (C=O) groups excluding carboxylic acids is 1. The van der Waals surface area contributed by atoms with E-state index in [0.717, 1.165) is 28.9 Å². The minimum Gasteiger partial charge on any atom is -0.504 e. The fourth-order valence-electron chi connectivity index (χ4n) is 3.10. The summed E-state index contributed by atoms with van der Waals surface area (Å²) in [5.74, 6) is -0.160. The van der Waals surface area contributed by atoms with Crippen molar-refractivity contribution < 1.29 is 14.6 Å². The van der Waals surface area contributed by atoms with E-state index in [1.807, 2.05) is 34.5 Å². The molecule has 1 fully saturated rings. The van der Waals surface area contributed by atoms with Crippen molar-refractivity contribution in [2.24, 2.45) is 0 Å². The Bertz CT molecular complexity index is 921. The lowest BCUT2D eigenvalue weighted by atomic mass is 10.1. The van der Waals surface area contributed by atoms with E-state index in [2.05, 4.69) is 10.3 Å². The normalized spacial score (nSPS) is 15.2. The van der Waals surface area contributed by atoms with Crippen LogP contribution in [0.3, 0.4) is 0 Å². The smallest absolute Gasteiger partial charge is 0.238 e. The number of aromatic hydroxyl groups is 1. The number of phenolic OH excluding ortho intramolecular Hbond substituents is 1. The molecule has 1 aromatic carbocycles. The number of hydrogen-bond acceptors (Lipinski definition) is 6. The molecular weight excluding hydrogens is 350 g/mol. The maximum absolute atomic E-state index is 12.3. The Morgan fingerprint density at radius 3 is 2.88 bits per heavy atom. The maximum atomic E-state index is 12.3. The molecule has 0 bridgehead atoms. The SMILES string of the molecule is O=C(CN1CCOCC1)Nc1ccc2c(-c3cccs3)ccnc2c1O. The minimum atomic E-state index is -0.157. The molecule has 6 nitrogen and oxygen atoms in total. The molecule has 0 unspecified atom stereocenters. The number of fused-ring (bicyclic) bond motifs is 1. The van der Waals surface area contributed by atoms with Gasteiger partial charge in [-0.3, -0.25) is 14.7 Å². The van der Waals surface area contributed by atoms with Crippen LogP contribution in [0.2, 0.25) is 0 Å². The number of nitrogens with one attached hydrogen (secondary N) is 1. The molecule has 1 amide bonds. The quantitative estimate of drug-likeness (QED) is 0.692. The number of benzene rings is 1. The molecule has 0 radical (unpaired) electrons. The lowest BCUT2D eigenvalue weighted by Gasteiger charge is -2.25. The summed E-state index contributed by atoms with van der Waals surface area (Å²) >= 11 is 1.64. The number of carbonyl (C=O) groups is 1. The molecule has 2 N–H and O–H groups in total. The Kier molecular flexibility index (Phi) is 4.83. The number of phenols is 1. The average Bonchev–Trinajstić information content (AvgIpc) is 3.19. The molecule has 1 saturated heterocycles. The molecule has 4 rings (SSSR count). The second kappa shape index (κ2) is 7.41. The van der Waals surface area contributed by atoms with Crippen LogP contribution in [0.25, 0.3) is 21.3 Å². The largest absolute Gasteiger partial charge is 0.504 e. The van der Waals surface area contributed by atoms with Crippen molar-refractivity contribution in [1.82, 2.24) is 9.88 Å². The van der Waals surface area contributed by atoms with Crippen LogP contribution in [-0.2, 0) is 9.53 Å². The van der Waals surface area contributed by atoms with Gasteiger partial charge in [-0.15, -0.1) is 11.3 Å². The number of anilines is 1. The Balaban J connectivity index is 1.59. The second-order valence-electron chi connectivity index (χ2n) is 6.13. The summed E-state index contributed by atoms with van der Waals surface area (Å²) in [6.07, 6.45) is 1.68. The molecule has 1 aliphatic rings. The van der Waals surface area contributed by atoms with Gasteiger partial charge in [0.05, 0.1) is 25.4 Å². The van der Waals surface area contributed by atoms with Gasteiger partial charge in [0.1, 0.15) is 5.52 Å². The molecule has 7 heteroatoms. The average molecular weight is 369 g/mol. The third-order valence-electron chi connectivity index (χ3n) is 4.42. The number of pyridine rings is 1. The highest BCUT2D eigenvalue weighted by Gasteiger charge is 2.17. The summed E-state index contributed by atoms with van der Waals surface area (Å²) in [4.78, 5) is 19.8. The third-order valence-corrected chi connectivity index (χ3v) is 5.32. The van der Waals surface area contributed by atoms with Crippen LogP contribution in [0.5, 0.6) is 5.75 Å². The first-order valence-corrected chi connectivity index (χ1v) is 9.35. The molecule has 0 spiro atoms. The highest BCUT2D eigenvalue weighted by Crippen LogP contribution is 2.37. The van der Waals surface area contributed by atoms with Gasteiger partial charge in [0, 0.05) is 35.1 Å². The number of morpholine rings is 1. The summed E-state index contributed by atoms with van der Waals surface area (Å²) in [6, 6.07) is 9.58. The Labute approximate surface area is 155 Å². The first kappa shape index (κ1) is 17.0. The van der Waals surface area contributed by atoms with Gasteiger partial charge in [-0.2, -0.15) is 0 Å². The molecule has 0 aliphatic carbocycles. The van der Waals surface area contributed by atoms with E-state index in [0.29, 0.717) is 24.4 Å². The zero-order valence-electron chi connectivity index (χ0n) is 14.1. The topological polar surface area (TPSA) is 74.7 Å². The van der Waals surface area contributed by atoms with E-state index < -0.39 is 0 Å². The van der Waals surface area contributed by atoms with Crippen molar-refractivity contribution >= 4 is 33.8 Å². The number of rotatable bonds is 4. The minimum absolute atomic E-state index is 0.00349. The second-order valence-corrected chi connectivity index (χ2v) is 7.08. The maximum Gasteiger partial charge on any atom is 0.238 e. The van der Waals surface area contributed by atoms with Crippen molar-refractivity contribution in [3.8, 4) is 16.2 Å². The molecule has 134 valence electrons. The van der Waals surface area contributed by atoms with Gasteiger partial charge in [0.2, 0.25) is 5.91 Å². The molecular formula is C19H19N3O3S. The standard InChI is InChI=1S/C19H19N3O3S/c23-17(12-22-7-9-25-10-8-22)21-15-4-3-14-13(16-2-1-11-26-16)5-6-20-18(14)19(15)24/h1-6,11,24H,7-10,12H2,(H,21,23). The highest BCUT2D eigenvalue weighted by molar-refractivity contribution is 7.13. The fraction of sp³-hybridized carbons (Fsp3) is 0.263. The first-order valence-electron chi connectivity index (χ1n) is 8.47. The number of amides is 1. The van der Waals surface area contributed by atoms with Gasteiger partial charge in [-0.05, 0) is 29.6 Å². The van der Waals surface area contributed by atoms with Crippen molar-refractivity contribution in [2.45, 2.75) is 0 Å². The van der Waals surface area contributed by atoms with E-state index in [4.69, 9.17) is 4.74 Å². The lowest BCUT2D eigenvalue weighted by molar-refractivity contribution is -0.118. The van der Waals surface area contributed by atoms with Gasteiger partial charge in [0.25, 0.3) is 0 Å². The van der Waals surface area contributed by atoms with Crippen LogP contribution in [0, 0.1) is 0 Å². The summed E-state index contributed by atoms with van der Waals surface area (Å²) in [5.41, 5.74) is 1.89. The van der Waals surface area contributed by atoms with Crippen LogP contribution in [0.1, 0.15) is 0 Å². The van der Waals surface area contributed by atoms with E-state index in [1.54, 1.807) is 23.6 Å². The number of thiophene rings is 1. The summed E-state index contributed by atoms with van der Waals surface area (Å²) in [6.45, 7) is 3.04. The lowest BCUT2D eigenvalue weighted by Crippen LogP contribution is -2.41. The number of aromatic nitrogens is 1. The molecule has 2 aromatic heterocycles. The molecule has 0 atom stereocenters. The zero-order chi connectivity index (χ0) is 17.9. The predicted octanol–water partition coefficient (Wildman–Crippen LogP) is 2.94. The highest BCUT2D eigenvalue weighted by atomic mass is 32.1. The predicted molar refractivity (Wildman–Crippen MR) is 103 cm³/mol. The zero-order valence-corrected chi connectivity index (χ0v) is 15.0.